The van der Waals surface area contributed by atoms with Crippen molar-refractivity contribution in [2.75, 3.05) is 0 Å². The third-order valence-corrected chi connectivity index (χ3v) is 3.04. The van der Waals surface area contributed by atoms with Gasteiger partial charge >= 0.3 is 18.5 Å². The van der Waals surface area contributed by atoms with Crippen molar-refractivity contribution in [3.63, 3.8) is 0 Å². The molecular formula is C14H6F9N. The summed E-state index contributed by atoms with van der Waals surface area (Å²) in [5, 5.41) is 0. The minimum Gasteiger partial charge on any atom is -0.263 e. The zero-order valence-corrected chi connectivity index (χ0v) is 11.3. The van der Waals surface area contributed by atoms with E-state index in [1.807, 2.05) is 0 Å². The van der Waals surface area contributed by atoms with Crippen LogP contribution in [0.2, 0.25) is 0 Å². The van der Waals surface area contributed by atoms with Crippen LogP contribution < -0.4 is 0 Å². The molecule has 0 fully saturated rings. The number of hydrogen-bond donors (Lipinski definition) is 0. The first-order valence-electron chi connectivity index (χ1n) is 6.12. The Morgan fingerprint density at radius 3 is 1.83 bits per heavy atom. The van der Waals surface area contributed by atoms with E-state index in [2.05, 4.69) is 4.98 Å². The highest BCUT2D eigenvalue weighted by molar-refractivity contribution is 5.69. The molecule has 0 aliphatic carbocycles. The van der Waals surface area contributed by atoms with Crippen molar-refractivity contribution < 1.29 is 39.5 Å². The summed E-state index contributed by atoms with van der Waals surface area (Å²) in [6.45, 7) is 0. The fraction of sp³-hybridized carbons (Fsp3) is 0.214. The van der Waals surface area contributed by atoms with E-state index in [1.54, 1.807) is 0 Å². The number of hydrogen-bond acceptors (Lipinski definition) is 1. The molecule has 0 saturated carbocycles. The molecule has 1 aromatic heterocycles. The SMILES string of the molecule is FC(F)(F)c1cccc(-c2cncc(C(F)(F)F)c2C(F)(F)F)c1. The van der Waals surface area contributed by atoms with Gasteiger partial charge in [0.25, 0.3) is 0 Å². The van der Waals surface area contributed by atoms with E-state index < -0.39 is 46.3 Å². The van der Waals surface area contributed by atoms with Gasteiger partial charge in [0, 0.05) is 18.0 Å². The Hall–Kier alpha value is -2.26. The topological polar surface area (TPSA) is 12.9 Å². The van der Waals surface area contributed by atoms with Gasteiger partial charge in [0.15, 0.2) is 0 Å². The molecule has 1 aromatic carbocycles. The Morgan fingerprint density at radius 1 is 0.708 bits per heavy atom. The Kier molecular flexibility index (Phi) is 4.28. The van der Waals surface area contributed by atoms with Crippen molar-refractivity contribution in [1.82, 2.24) is 4.98 Å². The average molecular weight is 359 g/mol. The molecule has 10 heteroatoms. The van der Waals surface area contributed by atoms with Crippen LogP contribution >= 0.6 is 0 Å². The third kappa shape index (κ3) is 3.62. The van der Waals surface area contributed by atoms with Gasteiger partial charge in [0.05, 0.1) is 16.7 Å². The molecule has 0 aliphatic heterocycles. The van der Waals surface area contributed by atoms with Crippen molar-refractivity contribution in [2.24, 2.45) is 0 Å². The van der Waals surface area contributed by atoms with Crippen molar-refractivity contribution in [2.45, 2.75) is 18.5 Å². The van der Waals surface area contributed by atoms with E-state index >= 15 is 0 Å². The summed E-state index contributed by atoms with van der Waals surface area (Å²) in [6.07, 6.45) is -15.2. The summed E-state index contributed by atoms with van der Waals surface area (Å²) in [6, 6.07) is 2.59. The number of rotatable bonds is 1. The molecule has 130 valence electrons. The van der Waals surface area contributed by atoms with Crippen LogP contribution in [0.1, 0.15) is 16.7 Å². The average Bonchev–Trinajstić information content (AvgIpc) is 2.44. The molecule has 0 unspecified atom stereocenters. The van der Waals surface area contributed by atoms with Gasteiger partial charge in [-0.15, -0.1) is 0 Å². The fourth-order valence-electron chi connectivity index (χ4n) is 2.06. The highest BCUT2D eigenvalue weighted by Gasteiger charge is 2.45. The van der Waals surface area contributed by atoms with Gasteiger partial charge < -0.3 is 0 Å². The van der Waals surface area contributed by atoms with Crippen molar-refractivity contribution >= 4 is 0 Å². The lowest BCUT2D eigenvalue weighted by atomic mass is 9.96. The second kappa shape index (κ2) is 5.67. The van der Waals surface area contributed by atoms with Gasteiger partial charge in [0.1, 0.15) is 0 Å². The van der Waals surface area contributed by atoms with Crippen molar-refractivity contribution in [3.05, 3.63) is 53.3 Å². The molecule has 0 saturated heterocycles. The summed E-state index contributed by atoms with van der Waals surface area (Å²) in [7, 11) is 0. The van der Waals surface area contributed by atoms with Gasteiger partial charge in [0.2, 0.25) is 0 Å². The van der Waals surface area contributed by atoms with Gasteiger partial charge in [-0.2, -0.15) is 39.5 Å². The van der Waals surface area contributed by atoms with Crippen LogP contribution in [0, 0.1) is 0 Å². The summed E-state index contributed by atoms with van der Waals surface area (Å²) < 4.78 is 116. The first-order valence-corrected chi connectivity index (χ1v) is 6.12. The minimum atomic E-state index is -5.43. The van der Waals surface area contributed by atoms with Crippen LogP contribution in [-0.4, -0.2) is 4.98 Å². The molecule has 0 amide bonds. The minimum absolute atomic E-state index is 0.0140. The van der Waals surface area contributed by atoms with E-state index in [0.717, 1.165) is 12.1 Å². The van der Waals surface area contributed by atoms with Gasteiger partial charge in [-0.05, 0) is 17.7 Å². The highest BCUT2D eigenvalue weighted by atomic mass is 19.4. The fourth-order valence-corrected chi connectivity index (χ4v) is 2.06. The van der Waals surface area contributed by atoms with E-state index in [0.29, 0.717) is 18.3 Å². The Labute approximate surface area is 128 Å². The molecule has 0 N–H and O–H groups in total. The first kappa shape index (κ1) is 18.1. The van der Waals surface area contributed by atoms with Gasteiger partial charge in [-0.1, -0.05) is 12.1 Å². The maximum atomic E-state index is 13.1. The second-order valence-corrected chi connectivity index (χ2v) is 4.68. The lowest BCUT2D eigenvalue weighted by Gasteiger charge is -2.19. The summed E-state index contributed by atoms with van der Waals surface area (Å²) in [5.41, 5.74) is -7.18. The lowest BCUT2D eigenvalue weighted by Crippen LogP contribution is -2.18. The number of benzene rings is 1. The molecule has 0 atom stereocenters. The molecule has 1 heterocycles. The maximum absolute atomic E-state index is 13.1. The van der Waals surface area contributed by atoms with E-state index in [9.17, 15) is 39.5 Å². The number of alkyl halides is 9. The lowest BCUT2D eigenvalue weighted by molar-refractivity contribution is -0.161. The molecule has 0 bridgehead atoms. The number of nitrogens with zero attached hydrogens (tertiary/aromatic N) is 1. The van der Waals surface area contributed by atoms with Gasteiger partial charge in [-0.25, -0.2) is 0 Å². The zero-order chi connectivity index (χ0) is 18.3. The number of halogens is 9. The second-order valence-electron chi connectivity index (χ2n) is 4.68. The van der Waals surface area contributed by atoms with Crippen LogP contribution in [0.25, 0.3) is 11.1 Å². The Balaban J connectivity index is 2.77. The summed E-state index contributed by atoms with van der Waals surface area (Å²) in [4.78, 5) is 3.09. The Morgan fingerprint density at radius 2 is 1.33 bits per heavy atom. The van der Waals surface area contributed by atoms with Crippen LogP contribution in [0.15, 0.2) is 36.7 Å². The quantitative estimate of drug-likeness (QED) is 0.586. The monoisotopic (exact) mass is 359 g/mol. The summed E-state index contributed by atoms with van der Waals surface area (Å²) >= 11 is 0. The molecule has 1 nitrogen and oxygen atoms in total. The van der Waals surface area contributed by atoms with Crippen LogP contribution in [0.5, 0.6) is 0 Å². The number of pyridine rings is 1. The maximum Gasteiger partial charge on any atom is 0.418 e. The third-order valence-electron chi connectivity index (χ3n) is 3.04. The summed E-state index contributed by atoms with van der Waals surface area (Å²) in [5.74, 6) is 0. The van der Waals surface area contributed by atoms with Crippen molar-refractivity contribution in [3.8, 4) is 11.1 Å². The normalized spacial score (nSPS) is 13.2. The Bertz CT molecular complexity index is 741. The predicted molar refractivity (Wildman–Crippen MR) is 64.7 cm³/mol. The molecule has 0 radical (unpaired) electrons. The van der Waals surface area contributed by atoms with Gasteiger partial charge in [-0.3, -0.25) is 4.98 Å². The molecule has 2 rings (SSSR count). The van der Waals surface area contributed by atoms with E-state index in [1.165, 1.54) is 0 Å². The molecular weight excluding hydrogens is 353 g/mol. The molecule has 2 aromatic rings. The molecule has 0 spiro atoms. The number of aromatic nitrogens is 1. The molecule has 24 heavy (non-hydrogen) atoms. The zero-order valence-electron chi connectivity index (χ0n) is 11.3. The van der Waals surface area contributed by atoms with Crippen LogP contribution in [0.3, 0.4) is 0 Å². The van der Waals surface area contributed by atoms with E-state index in [-0.39, 0.29) is 6.20 Å². The van der Waals surface area contributed by atoms with Crippen molar-refractivity contribution in [1.29, 1.82) is 0 Å². The highest BCUT2D eigenvalue weighted by Crippen LogP contribution is 2.45. The van der Waals surface area contributed by atoms with E-state index in [4.69, 9.17) is 0 Å². The standard InChI is InChI=1S/C14H6F9N/c15-12(16,17)8-3-1-2-7(4-8)9-5-24-6-10(13(18,19)20)11(9)14(21,22)23/h1-6H. The smallest absolute Gasteiger partial charge is 0.263 e. The largest absolute Gasteiger partial charge is 0.418 e. The first-order chi connectivity index (χ1) is 10.8. The molecule has 0 aliphatic rings. The van der Waals surface area contributed by atoms with Crippen LogP contribution in [0.4, 0.5) is 39.5 Å². The van der Waals surface area contributed by atoms with Crippen LogP contribution in [-0.2, 0) is 18.5 Å². The predicted octanol–water partition coefficient (Wildman–Crippen LogP) is 5.81.